The van der Waals surface area contributed by atoms with Crippen LogP contribution >= 0.6 is 35.3 Å². The minimum atomic E-state index is 0.470. The zero-order valence-corrected chi connectivity index (χ0v) is 9.87. The molecular formula is C8H16S3. The normalized spacial score (nSPS) is 24.0. The van der Waals surface area contributed by atoms with Crippen LogP contribution in [0.25, 0.3) is 0 Å². The summed E-state index contributed by atoms with van der Waals surface area (Å²) in [6.07, 6.45) is 3.63. The Bertz CT molecular complexity index is 117. The van der Waals surface area contributed by atoms with Crippen molar-refractivity contribution in [2.45, 2.75) is 23.7 Å². The van der Waals surface area contributed by atoms with Gasteiger partial charge in [0, 0.05) is 0 Å². The SMILES string of the molecule is CSC1(C(C)C)SCCCS1. The van der Waals surface area contributed by atoms with Gasteiger partial charge in [-0.1, -0.05) is 13.8 Å². The Morgan fingerprint density at radius 1 is 1.27 bits per heavy atom. The molecule has 1 aliphatic heterocycles. The van der Waals surface area contributed by atoms with Gasteiger partial charge < -0.3 is 0 Å². The molecule has 1 saturated heterocycles. The molecule has 11 heavy (non-hydrogen) atoms. The van der Waals surface area contributed by atoms with E-state index in [1.807, 2.05) is 11.8 Å². The molecule has 1 aliphatic rings. The third-order valence-electron chi connectivity index (χ3n) is 1.89. The van der Waals surface area contributed by atoms with Crippen molar-refractivity contribution >= 4 is 35.3 Å². The Morgan fingerprint density at radius 3 is 2.09 bits per heavy atom. The maximum absolute atomic E-state index is 2.34. The second kappa shape index (κ2) is 4.33. The van der Waals surface area contributed by atoms with Crippen molar-refractivity contribution in [3.8, 4) is 0 Å². The number of hydrogen-bond donors (Lipinski definition) is 0. The molecule has 0 amide bonds. The van der Waals surface area contributed by atoms with Crippen molar-refractivity contribution in [3.05, 3.63) is 0 Å². The predicted molar refractivity (Wildman–Crippen MR) is 60.6 cm³/mol. The summed E-state index contributed by atoms with van der Waals surface area (Å²) in [5.74, 6) is 3.49. The lowest BCUT2D eigenvalue weighted by Gasteiger charge is -2.37. The minimum Gasteiger partial charge on any atom is -0.137 e. The molecule has 0 unspecified atom stereocenters. The summed E-state index contributed by atoms with van der Waals surface area (Å²) in [5.41, 5.74) is 0. The maximum atomic E-state index is 2.34. The second-order valence-corrected chi connectivity index (χ2v) is 7.52. The molecule has 0 saturated carbocycles. The molecule has 66 valence electrons. The van der Waals surface area contributed by atoms with Crippen LogP contribution in [0.15, 0.2) is 0 Å². The van der Waals surface area contributed by atoms with Gasteiger partial charge in [-0.3, -0.25) is 0 Å². The van der Waals surface area contributed by atoms with Crippen LogP contribution in [0.4, 0.5) is 0 Å². The highest BCUT2D eigenvalue weighted by Crippen LogP contribution is 2.53. The van der Waals surface area contributed by atoms with E-state index in [2.05, 4.69) is 43.6 Å². The highest BCUT2D eigenvalue weighted by atomic mass is 32.3. The lowest BCUT2D eigenvalue weighted by Crippen LogP contribution is -2.26. The van der Waals surface area contributed by atoms with E-state index in [-0.39, 0.29) is 0 Å². The molecule has 3 heteroatoms. The fourth-order valence-electron chi connectivity index (χ4n) is 1.22. The Hall–Kier alpha value is 1.05. The summed E-state index contributed by atoms with van der Waals surface area (Å²) in [5, 5.41) is 0. The Morgan fingerprint density at radius 2 is 1.82 bits per heavy atom. The molecule has 1 rings (SSSR count). The molecular weight excluding hydrogens is 192 g/mol. The van der Waals surface area contributed by atoms with Crippen LogP contribution in [0.1, 0.15) is 20.3 Å². The highest BCUT2D eigenvalue weighted by molar-refractivity contribution is 8.33. The molecule has 0 N–H and O–H groups in total. The third-order valence-corrected chi connectivity index (χ3v) is 8.07. The van der Waals surface area contributed by atoms with Gasteiger partial charge >= 0.3 is 0 Å². The van der Waals surface area contributed by atoms with Crippen molar-refractivity contribution in [1.82, 2.24) is 0 Å². The van der Waals surface area contributed by atoms with Gasteiger partial charge in [0.1, 0.15) is 3.41 Å². The first-order valence-corrected chi connectivity index (χ1v) is 7.24. The fraction of sp³-hybridized carbons (Fsp3) is 1.00. The van der Waals surface area contributed by atoms with Crippen LogP contribution in [0.3, 0.4) is 0 Å². The number of hydrogen-bond acceptors (Lipinski definition) is 3. The maximum Gasteiger partial charge on any atom is 0.109 e. The molecule has 0 aromatic carbocycles. The van der Waals surface area contributed by atoms with Crippen molar-refractivity contribution in [2.24, 2.45) is 5.92 Å². The highest BCUT2D eigenvalue weighted by Gasteiger charge is 2.35. The quantitative estimate of drug-likeness (QED) is 0.681. The summed E-state index contributed by atoms with van der Waals surface area (Å²) < 4.78 is 0.470. The van der Waals surface area contributed by atoms with E-state index in [0.717, 1.165) is 5.92 Å². The zero-order chi connectivity index (χ0) is 8.32. The predicted octanol–water partition coefficient (Wildman–Crippen LogP) is 3.53. The molecule has 1 heterocycles. The van der Waals surface area contributed by atoms with Crippen LogP contribution in [0.5, 0.6) is 0 Å². The monoisotopic (exact) mass is 208 g/mol. The van der Waals surface area contributed by atoms with Crippen LogP contribution < -0.4 is 0 Å². The van der Waals surface area contributed by atoms with Gasteiger partial charge in [0.15, 0.2) is 0 Å². The van der Waals surface area contributed by atoms with Crippen molar-refractivity contribution in [1.29, 1.82) is 0 Å². The van der Waals surface area contributed by atoms with E-state index in [9.17, 15) is 0 Å². The van der Waals surface area contributed by atoms with Crippen molar-refractivity contribution in [2.75, 3.05) is 17.8 Å². The Labute approximate surface area is 82.7 Å². The average molecular weight is 208 g/mol. The summed E-state index contributed by atoms with van der Waals surface area (Å²) in [6.45, 7) is 4.67. The van der Waals surface area contributed by atoms with Gasteiger partial charge in [0.2, 0.25) is 0 Å². The van der Waals surface area contributed by atoms with Gasteiger partial charge in [0.05, 0.1) is 0 Å². The van der Waals surface area contributed by atoms with E-state index in [4.69, 9.17) is 0 Å². The molecule has 0 spiro atoms. The van der Waals surface area contributed by atoms with E-state index in [1.54, 1.807) is 0 Å². The lowest BCUT2D eigenvalue weighted by molar-refractivity contribution is 0.687. The van der Waals surface area contributed by atoms with Gasteiger partial charge in [0.25, 0.3) is 0 Å². The van der Waals surface area contributed by atoms with E-state index in [1.165, 1.54) is 17.9 Å². The molecule has 0 aromatic rings. The average Bonchev–Trinajstić information content (AvgIpc) is 2.05. The van der Waals surface area contributed by atoms with Gasteiger partial charge in [-0.05, 0) is 30.1 Å². The molecule has 0 radical (unpaired) electrons. The van der Waals surface area contributed by atoms with E-state index >= 15 is 0 Å². The Balaban J connectivity index is 2.57. The molecule has 0 nitrogen and oxygen atoms in total. The van der Waals surface area contributed by atoms with Crippen LogP contribution in [0.2, 0.25) is 0 Å². The minimum absolute atomic E-state index is 0.470. The van der Waals surface area contributed by atoms with E-state index < -0.39 is 0 Å². The summed E-state index contributed by atoms with van der Waals surface area (Å²) >= 11 is 6.32. The molecule has 0 aliphatic carbocycles. The standard InChI is InChI=1S/C8H16S3/c1-7(2)8(9-3)10-5-4-6-11-8/h7H,4-6H2,1-3H3. The molecule has 0 bridgehead atoms. The number of thioether (sulfide) groups is 3. The summed E-state index contributed by atoms with van der Waals surface area (Å²) in [4.78, 5) is 0. The summed E-state index contributed by atoms with van der Waals surface area (Å²) in [6, 6.07) is 0. The molecule has 0 atom stereocenters. The first-order chi connectivity index (χ1) is 5.21. The van der Waals surface area contributed by atoms with Gasteiger partial charge in [-0.25, -0.2) is 0 Å². The van der Waals surface area contributed by atoms with Crippen molar-refractivity contribution < 1.29 is 0 Å². The summed E-state index contributed by atoms with van der Waals surface area (Å²) in [7, 11) is 0. The second-order valence-electron chi connectivity index (χ2n) is 3.01. The van der Waals surface area contributed by atoms with Crippen LogP contribution in [0, 0.1) is 5.92 Å². The lowest BCUT2D eigenvalue weighted by atomic mass is 10.3. The number of rotatable bonds is 2. The van der Waals surface area contributed by atoms with Crippen LogP contribution in [-0.2, 0) is 0 Å². The topological polar surface area (TPSA) is 0 Å². The van der Waals surface area contributed by atoms with Crippen molar-refractivity contribution in [3.63, 3.8) is 0 Å². The van der Waals surface area contributed by atoms with Gasteiger partial charge in [-0.2, -0.15) is 0 Å². The molecule has 0 aromatic heterocycles. The zero-order valence-electron chi connectivity index (χ0n) is 7.42. The smallest absolute Gasteiger partial charge is 0.109 e. The third kappa shape index (κ3) is 2.25. The first kappa shape index (κ1) is 10.1. The fourth-order valence-corrected chi connectivity index (χ4v) is 5.96. The van der Waals surface area contributed by atoms with Crippen LogP contribution in [-0.4, -0.2) is 21.2 Å². The largest absolute Gasteiger partial charge is 0.137 e. The molecule has 1 fully saturated rings. The van der Waals surface area contributed by atoms with E-state index in [0.29, 0.717) is 3.41 Å². The van der Waals surface area contributed by atoms with Gasteiger partial charge in [-0.15, -0.1) is 35.3 Å². The Kier molecular flexibility index (Phi) is 3.99. The first-order valence-electron chi connectivity index (χ1n) is 4.04.